The highest BCUT2D eigenvalue weighted by atomic mass is 15.1. The van der Waals surface area contributed by atoms with Crippen LogP contribution in [-0.2, 0) is 6.54 Å². The Labute approximate surface area is 118 Å². The van der Waals surface area contributed by atoms with Crippen LogP contribution >= 0.6 is 0 Å². The van der Waals surface area contributed by atoms with E-state index in [2.05, 4.69) is 55.3 Å². The molecule has 106 valence electrons. The SMILES string of the molecule is CCC(C)CN(CC)c1ccccc1CNC1CC1. The summed E-state index contributed by atoms with van der Waals surface area (Å²) in [6.07, 6.45) is 3.96. The topological polar surface area (TPSA) is 15.3 Å². The molecule has 1 N–H and O–H groups in total. The molecular formula is C17H28N2. The highest BCUT2D eigenvalue weighted by Crippen LogP contribution is 2.24. The number of anilines is 1. The van der Waals surface area contributed by atoms with E-state index >= 15 is 0 Å². The summed E-state index contributed by atoms with van der Waals surface area (Å²) in [5.41, 5.74) is 2.86. The summed E-state index contributed by atoms with van der Waals surface area (Å²) < 4.78 is 0. The number of nitrogens with one attached hydrogen (secondary N) is 1. The van der Waals surface area contributed by atoms with Crippen LogP contribution in [0.5, 0.6) is 0 Å². The van der Waals surface area contributed by atoms with Gasteiger partial charge in [0.25, 0.3) is 0 Å². The molecule has 0 heterocycles. The third kappa shape index (κ3) is 4.24. The normalized spacial score (nSPS) is 16.4. The van der Waals surface area contributed by atoms with E-state index in [1.807, 2.05) is 0 Å². The van der Waals surface area contributed by atoms with E-state index in [0.29, 0.717) is 0 Å². The highest BCUT2D eigenvalue weighted by Gasteiger charge is 2.21. The molecule has 1 aromatic rings. The summed E-state index contributed by atoms with van der Waals surface area (Å²) in [7, 11) is 0. The minimum absolute atomic E-state index is 0.754. The zero-order valence-corrected chi connectivity index (χ0v) is 12.7. The zero-order chi connectivity index (χ0) is 13.7. The second-order valence-electron chi connectivity index (χ2n) is 5.84. The van der Waals surface area contributed by atoms with Gasteiger partial charge in [0.15, 0.2) is 0 Å². The lowest BCUT2D eigenvalue weighted by Gasteiger charge is -2.28. The summed E-state index contributed by atoms with van der Waals surface area (Å²) in [6, 6.07) is 9.64. The average Bonchev–Trinajstić information content (AvgIpc) is 3.27. The molecule has 19 heavy (non-hydrogen) atoms. The lowest BCUT2D eigenvalue weighted by molar-refractivity contribution is 0.546. The summed E-state index contributed by atoms with van der Waals surface area (Å²) in [5.74, 6) is 0.754. The minimum atomic E-state index is 0.754. The van der Waals surface area contributed by atoms with Gasteiger partial charge in [0.05, 0.1) is 0 Å². The van der Waals surface area contributed by atoms with Crippen LogP contribution in [-0.4, -0.2) is 19.1 Å². The minimum Gasteiger partial charge on any atom is -0.371 e. The second kappa shape index (κ2) is 6.95. The first-order valence-corrected chi connectivity index (χ1v) is 7.80. The number of para-hydroxylation sites is 1. The van der Waals surface area contributed by atoms with Gasteiger partial charge in [0, 0.05) is 31.4 Å². The Balaban J connectivity index is 2.06. The van der Waals surface area contributed by atoms with Crippen molar-refractivity contribution in [3.05, 3.63) is 29.8 Å². The van der Waals surface area contributed by atoms with Crippen LogP contribution in [0.2, 0.25) is 0 Å². The summed E-state index contributed by atoms with van der Waals surface area (Å²) >= 11 is 0. The van der Waals surface area contributed by atoms with Gasteiger partial charge in [-0.1, -0.05) is 38.5 Å². The maximum absolute atomic E-state index is 3.63. The maximum Gasteiger partial charge on any atom is 0.0411 e. The van der Waals surface area contributed by atoms with E-state index in [1.165, 1.54) is 30.5 Å². The van der Waals surface area contributed by atoms with E-state index in [1.54, 1.807) is 0 Å². The van der Waals surface area contributed by atoms with Crippen LogP contribution in [0.25, 0.3) is 0 Å². The standard InChI is InChI=1S/C17H28N2/c1-4-14(3)13-19(5-2)17-9-7-6-8-15(17)12-18-16-10-11-16/h6-9,14,16,18H,4-5,10-13H2,1-3H3. The third-order valence-corrected chi connectivity index (χ3v) is 4.10. The first-order chi connectivity index (χ1) is 9.24. The molecular weight excluding hydrogens is 232 g/mol. The smallest absolute Gasteiger partial charge is 0.0411 e. The van der Waals surface area contributed by atoms with Crippen molar-refractivity contribution in [2.45, 2.75) is 52.6 Å². The van der Waals surface area contributed by atoms with Gasteiger partial charge >= 0.3 is 0 Å². The van der Waals surface area contributed by atoms with Crippen molar-refractivity contribution in [1.29, 1.82) is 0 Å². The Kier molecular flexibility index (Phi) is 5.26. The van der Waals surface area contributed by atoms with Crippen LogP contribution < -0.4 is 10.2 Å². The molecule has 0 radical (unpaired) electrons. The molecule has 1 aromatic carbocycles. The lowest BCUT2D eigenvalue weighted by atomic mass is 10.1. The quantitative estimate of drug-likeness (QED) is 0.764. The fourth-order valence-corrected chi connectivity index (χ4v) is 2.41. The van der Waals surface area contributed by atoms with Gasteiger partial charge in [-0.2, -0.15) is 0 Å². The van der Waals surface area contributed by atoms with Crippen molar-refractivity contribution in [3.8, 4) is 0 Å². The van der Waals surface area contributed by atoms with E-state index in [0.717, 1.165) is 31.6 Å². The lowest BCUT2D eigenvalue weighted by Crippen LogP contribution is -2.29. The van der Waals surface area contributed by atoms with Gasteiger partial charge < -0.3 is 10.2 Å². The van der Waals surface area contributed by atoms with Crippen molar-refractivity contribution in [3.63, 3.8) is 0 Å². The molecule has 0 saturated heterocycles. The van der Waals surface area contributed by atoms with Crippen LogP contribution in [0.4, 0.5) is 5.69 Å². The maximum atomic E-state index is 3.63. The van der Waals surface area contributed by atoms with Crippen molar-refractivity contribution in [2.75, 3.05) is 18.0 Å². The monoisotopic (exact) mass is 260 g/mol. The zero-order valence-electron chi connectivity index (χ0n) is 12.7. The van der Waals surface area contributed by atoms with E-state index in [-0.39, 0.29) is 0 Å². The number of hydrogen-bond donors (Lipinski definition) is 1. The molecule has 2 nitrogen and oxygen atoms in total. The second-order valence-corrected chi connectivity index (χ2v) is 5.84. The van der Waals surface area contributed by atoms with Gasteiger partial charge in [-0.15, -0.1) is 0 Å². The molecule has 1 unspecified atom stereocenters. The van der Waals surface area contributed by atoms with Crippen molar-refractivity contribution in [2.24, 2.45) is 5.92 Å². The first kappa shape index (κ1) is 14.4. The molecule has 1 atom stereocenters. The predicted octanol–water partition coefficient (Wildman–Crippen LogP) is 3.81. The molecule has 0 spiro atoms. The predicted molar refractivity (Wildman–Crippen MR) is 83.6 cm³/mol. The fraction of sp³-hybridized carbons (Fsp3) is 0.647. The largest absolute Gasteiger partial charge is 0.371 e. The van der Waals surface area contributed by atoms with Crippen LogP contribution in [0.1, 0.15) is 45.6 Å². The fourth-order valence-electron chi connectivity index (χ4n) is 2.41. The summed E-state index contributed by atoms with van der Waals surface area (Å²) in [4.78, 5) is 2.53. The van der Waals surface area contributed by atoms with Crippen LogP contribution in [0.15, 0.2) is 24.3 Å². The number of hydrogen-bond acceptors (Lipinski definition) is 2. The Morgan fingerprint density at radius 3 is 2.63 bits per heavy atom. The highest BCUT2D eigenvalue weighted by molar-refractivity contribution is 5.53. The first-order valence-electron chi connectivity index (χ1n) is 7.80. The Morgan fingerprint density at radius 2 is 2.00 bits per heavy atom. The molecule has 2 heteroatoms. The Bertz CT molecular complexity index is 385. The van der Waals surface area contributed by atoms with Crippen LogP contribution in [0.3, 0.4) is 0 Å². The third-order valence-electron chi connectivity index (χ3n) is 4.10. The molecule has 1 saturated carbocycles. The molecule has 1 aliphatic carbocycles. The molecule has 1 fully saturated rings. The van der Waals surface area contributed by atoms with Gasteiger partial charge in [-0.05, 0) is 37.3 Å². The summed E-state index contributed by atoms with van der Waals surface area (Å²) in [5, 5.41) is 3.63. The van der Waals surface area contributed by atoms with Gasteiger partial charge in [-0.25, -0.2) is 0 Å². The Hall–Kier alpha value is -1.02. The van der Waals surface area contributed by atoms with Crippen LogP contribution in [0, 0.1) is 5.92 Å². The molecule has 2 rings (SSSR count). The number of benzene rings is 1. The van der Waals surface area contributed by atoms with E-state index in [9.17, 15) is 0 Å². The average molecular weight is 260 g/mol. The van der Waals surface area contributed by atoms with Crippen molar-refractivity contribution >= 4 is 5.69 Å². The molecule has 0 amide bonds. The molecule has 1 aliphatic rings. The Morgan fingerprint density at radius 1 is 1.26 bits per heavy atom. The van der Waals surface area contributed by atoms with Crippen molar-refractivity contribution < 1.29 is 0 Å². The number of nitrogens with zero attached hydrogens (tertiary/aromatic N) is 1. The summed E-state index contributed by atoms with van der Waals surface area (Å²) in [6.45, 7) is 10.1. The van der Waals surface area contributed by atoms with E-state index in [4.69, 9.17) is 0 Å². The van der Waals surface area contributed by atoms with Gasteiger partial charge in [0.2, 0.25) is 0 Å². The molecule has 0 bridgehead atoms. The molecule has 0 aromatic heterocycles. The number of rotatable bonds is 8. The van der Waals surface area contributed by atoms with Crippen molar-refractivity contribution in [1.82, 2.24) is 5.32 Å². The van der Waals surface area contributed by atoms with E-state index < -0.39 is 0 Å². The molecule has 0 aliphatic heterocycles. The van der Waals surface area contributed by atoms with Gasteiger partial charge in [0.1, 0.15) is 0 Å². The van der Waals surface area contributed by atoms with Gasteiger partial charge in [-0.3, -0.25) is 0 Å².